The van der Waals surface area contributed by atoms with Crippen LogP contribution in [0.4, 0.5) is 0 Å². The van der Waals surface area contributed by atoms with E-state index >= 15 is 0 Å². The Hall–Kier alpha value is -1.10. The van der Waals surface area contributed by atoms with Crippen LogP contribution in [0, 0.1) is 5.92 Å². The van der Waals surface area contributed by atoms with Crippen molar-refractivity contribution in [1.82, 2.24) is 10.2 Å². The minimum atomic E-state index is -0.333. The molecule has 0 radical (unpaired) electrons. The highest BCUT2D eigenvalue weighted by Gasteiger charge is 2.36. The molecule has 0 bridgehead atoms. The van der Waals surface area contributed by atoms with Crippen LogP contribution in [0.25, 0.3) is 0 Å². The van der Waals surface area contributed by atoms with Gasteiger partial charge in [0.25, 0.3) is 0 Å². The molecule has 2 aliphatic heterocycles. The summed E-state index contributed by atoms with van der Waals surface area (Å²) in [5, 5.41) is 2.78. The highest BCUT2D eigenvalue weighted by molar-refractivity contribution is 5.94. The van der Waals surface area contributed by atoms with Gasteiger partial charge in [-0.05, 0) is 18.8 Å². The summed E-state index contributed by atoms with van der Waals surface area (Å²) in [5.74, 6) is 0.202. The number of nitrogens with zero attached hydrogens (tertiary/aromatic N) is 1. The number of carbonyl (C=O) groups excluding carboxylic acids is 2. The minimum Gasteiger partial charge on any atom is -0.381 e. The Bertz CT molecular complexity index is 274. The highest BCUT2D eigenvalue weighted by atomic mass is 16.5. The molecule has 84 valence electrons. The molecule has 0 aromatic rings. The van der Waals surface area contributed by atoms with Crippen molar-refractivity contribution in [3.63, 3.8) is 0 Å². The van der Waals surface area contributed by atoms with Crippen LogP contribution in [0.2, 0.25) is 0 Å². The lowest BCUT2D eigenvalue weighted by atomic mass is 9.90. The number of hydrogen-bond donors (Lipinski definition) is 1. The molecule has 5 heteroatoms. The standard InChI is InChI=1S/C10H16N2O3/c1-12-6-8(13)11-9(10(12)14)7-2-4-15-5-3-7/h7,9H,2-6H2,1H3,(H,11,13). The van der Waals surface area contributed by atoms with Gasteiger partial charge in [-0.2, -0.15) is 0 Å². The van der Waals surface area contributed by atoms with Gasteiger partial charge in [-0.25, -0.2) is 0 Å². The molecule has 1 unspecified atom stereocenters. The van der Waals surface area contributed by atoms with Gasteiger partial charge in [-0.1, -0.05) is 0 Å². The zero-order valence-electron chi connectivity index (χ0n) is 8.86. The molecule has 2 heterocycles. The molecule has 0 aliphatic carbocycles. The molecular formula is C10H16N2O3. The fourth-order valence-corrected chi connectivity index (χ4v) is 2.18. The number of piperazine rings is 1. The Labute approximate surface area is 88.8 Å². The number of amides is 2. The molecule has 2 amide bonds. The average molecular weight is 212 g/mol. The first kappa shape index (κ1) is 10.4. The summed E-state index contributed by atoms with van der Waals surface area (Å²) in [6.45, 7) is 1.56. The van der Waals surface area contributed by atoms with Crippen LogP contribution in [0.3, 0.4) is 0 Å². The maximum Gasteiger partial charge on any atom is 0.245 e. The molecule has 2 aliphatic rings. The van der Waals surface area contributed by atoms with Crippen molar-refractivity contribution in [2.75, 3.05) is 26.8 Å². The summed E-state index contributed by atoms with van der Waals surface area (Å²) in [4.78, 5) is 24.7. The van der Waals surface area contributed by atoms with Crippen molar-refractivity contribution in [1.29, 1.82) is 0 Å². The van der Waals surface area contributed by atoms with E-state index in [4.69, 9.17) is 4.74 Å². The van der Waals surface area contributed by atoms with E-state index in [2.05, 4.69) is 5.32 Å². The molecule has 0 aromatic heterocycles. The lowest BCUT2D eigenvalue weighted by Crippen LogP contribution is -2.59. The van der Waals surface area contributed by atoms with E-state index in [9.17, 15) is 9.59 Å². The number of carbonyl (C=O) groups is 2. The van der Waals surface area contributed by atoms with E-state index in [1.807, 2.05) is 0 Å². The monoisotopic (exact) mass is 212 g/mol. The van der Waals surface area contributed by atoms with Crippen LogP contribution in [-0.2, 0) is 14.3 Å². The van der Waals surface area contributed by atoms with Crippen molar-refractivity contribution in [3.05, 3.63) is 0 Å². The first-order chi connectivity index (χ1) is 7.18. The van der Waals surface area contributed by atoms with Crippen molar-refractivity contribution in [3.8, 4) is 0 Å². The lowest BCUT2D eigenvalue weighted by Gasteiger charge is -2.36. The Morgan fingerprint density at radius 1 is 1.33 bits per heavy atom. The largest absolute Gasteiger partial charge is 0.381 e. The summed E-state index contributed by atoms with van der Waals surface area (Å²) in [6, 6.07) is -0.333. The average Bonchev–Trinajstić information content (AvgIpc) is 2.24. The van der Waals surface area contributed by atoms with Gasteiger partial charge in [0.1, 0.15) is 6.04 Å². The quantitative estimate of drug-likeness (QED) is 0.629. The zero-order valence-corrected chi connectivity index (χ0v) is 8.86. The van der Waals surface area contributed by atoms with Crippen molar-refractivity contribution in [2.45, 2.75) is 18.9 Å². The zero-order chi connectivity index (χ0) is 10.8. The third-order valence-electron chi connectivity index (χ3n) is 3.08. The summed E-state index contributed by atoms with van der Waals surface area (Å²) in [5.41, 5.74) is 0. The van der Waals surface area contributed by atoms with Crippen LogP contribution in [-0.4, -0.2) is 49.6 Å². The van der Waals surface area contributed by atoms with Crippen LogP contribution >= 0.6 is 0 Å². The first-order valence-electron chi connectivity index (χ1n) is 5.30. The van der Waals surface area contributed by atoms with Gasteiger partial charge in [0.05, 0.1) is 6.54 Å². The molecule has 0 spiro atoms. The van der Waals surface area contributed by atoms with E-state index in [1.165, 1.54) is 4.90 Å². The molecule has 5 nitrogen and oxygen atoms in total. The second-order valence-electron chi connectivity index (χ2n) is 4.19. The van der Waals surface area contributed by atoms with E-state index in [1.54, 1.807) is 7.05 Å². The Balaban J connectivity index is 2.05. The van der Waals surface area contributed by atoms with Crippen molar-refractivity contribution in [2.24, 2.45) is 5.92 Å². The number of likely N-dealkylation sites (N-methyl/N-ethyl adjacent to an activating group) is 1. The van der Waals surface area contributed by atoms with E-state index in [-0.39, 0.29) is 30.3 Å². The lowest BCUT2D eigenvalue weighted by molar-refractivity contribution is -0.145. The van der Waals surface area contributed by atoms with Gasteiger partial charge < -0.3 is 15.0 Å². The summed E-state index contributed by atoms with van der Waals surface area (Å²) >= 11 is 0. The van der Waals surface area contributed by atoms with Gasteiger partial charge in [0, 0.05) is 20.3 Å². The summed E-state index contributed by atoms with van der Waals surface area (Å²) in [7, 11) is 1.67. The molecule has 2 rings (SSSR count). The van der Waals surface area contributed by atoms with Crippen LogP contribution in [0.1, 0.15) is 12.8 Å². The molecule has 1 atom stereocenters. The van der Waals surface area contributed by atoms with Gasteiger partial charge in [-0.15, -0.1) is 0 Å². The minimum absolute atomic E-state index is 0.0292. The second kappa shape index (κ2) is 4.18. The van der Waals surface area contributed by atoms with Gasteiger partial charge in [-0.3, -0.25) is 9.59 Å². The molecule has 1 N–H and O–H groups in total. The summed E-state index contributed by atoms with van der Waals surface area (Å²) < 4.78 is 5.24. The normalized spacial score (nSPS) is 29.1. The van der Waals surface area contributed by atoms with Crippen LogP contribution < -0.4 is 5.32 Å². The van der Waals surface area contributed by atoms with Crippen LogP contribution in [0.15, 0.2) is 0 Å². The van der Waals surface area contributed by atoms with E-state index in [0.717, 1.165) is 12.8 Å². The Kier molecular flexibility index (Phi) is 2.90. The highest BCUT2D eigenvalue weighted by Crippen LogP contribution is 2.21. The molecule has 0 saturated carbocycles. The molecular weight excluding hydrogens is 196 g/mol. The molecule has 2 saturated heterocycles. The topological polar surface area (TPSA) is 58.6 Å². The molecule has 15 heavy (non-hydrogen) atoms. The molecule has 0 aromatic carbocycles. The predicted octanol–water partition coefficient (Wildman–Crippen LogP) is -0.630. The van der Waals surface area contributed by atoms with Crippen molar-refractivity contribution >= 4 is 11.8 Å². The molecule has 2 fully saturated rings. The first-order valence-corrected chi connectivity index (χ1v) is 5.30. The van der Waals surface area contributed by atoms with Gasteiger partial charge in [0.2, 0.25) is 11.8 Å². The SMILES string of the molecule is CN1CC(=O)NC(C2CCOCC2)C1=O. The second-order valence-corrected chi connectivity index (χ2v) is 4.19. The fraction of sp³-hybridized carbons (Fsp3) is 0.800. The third-order valence-corrected chi connectivity index (χ3v) is 3.08. The smallest absolute Gasteiger partial charge is 0.245 e. The van der Waals surface area contributed by atoms with Gasteiger partial charge >= 0.3 is 0 Å². The number of nitrogens with one attached hydrogen (secondary N) is 1. The van der Waals surface area contributed by atoms with Gasteiger partial charge in [0.15, 0.2) is 0 Å². The summed E-state index contributed by atoms with van der Waals surface area (Å²) in [6.07, 6.45) is 1.70. The number of rotatable bonds is 1. The predicted molar refractivity (Wildman–Crippen MR) is 53.1 cm³/mol. The van der Waals surface area contributed by atoms with E-state index < -0.39 is 0 Å². The van der Waals surface area contributed by atoms with E-state index in [0.29, 0.717) is 13.2 Å². The van der Waals surface area contributed by atoms with Crippen LogP contribution in [0.5, 0.6) is 0 Å². The fourth-order valence-electron chi connectivity index (χ4n) is 2.18. The number of ether oxygens (including phenoxy) is 1. The third kappa shape index (κ3) is 2.12. The maximum absolute atomic E-state index is 11.8. The maximum atomic E-state index is 11.8. The Morgan fingerprint density at radius 2 is 2.00 bits per heavy atom. The van der Waals surface area contributed by atoms with Crippen molar-refractivity contribution < 1.29 is 14.3 Å². The Morgan fingerprint density at radius 3 is 2.67 bits per heavy atom. The number of hydrogen-bond acceptors (Lipinski definition) is 3.